The van der Waals surface area contributed by atoms with Gasteiger partial charge in [-0.1, -0.05) is 6.07 Å². The van der Waals surface area contributed by atoms with Crippen LogP contribution in [0, 0.1) is 0 Å². The number of carbonyl (C=O) groups excluding carboxylic acids is 2. The molecular weight excluding hydrogens is 438 g/mol. The number of nitrogens with zero attached hydrogens (tertiary/aromatic N) is 2. The van der Waals surface area contributed by atoms with Crippen molar-refractivity contribution in [3.63, 3.8) is 0 Å². The Balaban J connectivity index is 1.59. The Bertz CT molecular complexity index is 1220. The summed E-state index contributed by atoms with van der Waals surface area (Å²) < 4.78 is 21.2. The van der Waals surface area contributed by atoms with Crippen LogP contribution in [-0.2, 0) is 6.42 Å². The van der Waals surface area contributed by atoms with Gasteiger partial charge >= 0.3 is 0 Å². The fourth-order valence-corrected chi connectivity index (χ4v) is 3.99. The van der Waals surface area contributed by atoms with Gasteiger partial charge in [0.1, 0.15) is 23.0 Å². The van der Waals surface area contributed by atoms with Crippen molar-refractivity contribution in [2.24, 2.45) is 0 Å². The van der Waals surface area contributed by atoms with Crippen molar-refractivity contribution in [3.05, 3.63) is 65.0 Å². The fourth-order valence-electron chi connectivity index (χ4n) is 3.99. The number of rotatable bonds is 7. The van der Waals surface area contributed by atoms with Gasteiger partial charge in [-0.05, 0) is 30.2 Å². The van der Waals surface area contributed by atoms with Gasteiger partial charge in [0.15, 0.2) is 5.78 Å². The smallest absolute Gasteiger partial charge is 0.258 e. The summed E-state index contributed by atoms with van der Waals surface area (Å²) in [6.45, 7) is 0. The van der Waals surface area contributed by atoms with Gasteiger partial charge in [0, 0.05) is 36.2 Å². The highest BCUT2D eigenvalue weighted by atomic mass is 16.5. The summed E-state index contributed by atoms with van der Waals surface area (Å²) in [5.41, 5.74) is 2.27. The number of benzene rings is 2. The van der Waals surface area contributed by atoms with E-state index in [0.717, 1.165) is 5.56 Å². The van der Waals surface area contributed by atoms with Crippen LogP contribution in [-0.4, -0.2) is 50.1 Å². The van der Waals surface area contributed by atoms with Crippen LogP contribution >= 0.6 is 0 Å². The second-order valence-corrected chi connectivity index (χ2v) is 7.75. The van der Waals surface area contributed by atoms with Gasteiger partial charge in [-0.25, -0.2) is 9.97 Å². The number of ketones is 1. The third-order valence-corrected chi connectivity index (χ3v) is 5.76. The predicted octanol–water partition coefficient (Wildman–Crippen LogP) is 3.68. The number of methoxy groups -OCH3 is 4. The molecule has 1 N–H and O–H groups in total. The number of hydrogen-bond acceptors (Lipinski definition) is 8. The Kier molecular flexibility index (Phi) is 6.62. The number of anilines is 1. The average Bonchev–Trinajstić information content (AvgIpc) is 2.87. The van der Waals surface area contributed by atoms with Gasteiger partial charge in [-0.15, -0.1) is 0 Å². The summed E-state index contributed by atoms with van der Waals surface area (Å²) in [5, 5.41) is 2.69. The largest absolute Gasteiger partial charge is 0.497 e. The molecule has 0 bridgehead atoms. The maximum atomic E-state index is 12.8. The zero-order valence-corrected chi connectivity index (χ0v) is 19.4. The third kappa shape index (κ3) is 4.63. The van der Waals surface area contributed by atoms with Gasteiger partial charge in [0.2, 0.25) is 5.95 Å². The van der Waals surface area contributed by atoms with Crippen LogP contribution in [0.3, 0.4) is 0 Å². The summed E-state index contributed by atoms with van der Waals surface area (Å²) in [5.74, 6) is 1.80. The molecule has 0 fully saturated rings. The number of Topliss-reactive ketones (excluding diaryl/α,β-unsaturated/α-hetero) is 1. The molecule has 1 aliphatic rings. The first-order chi connectivity index (χ1) is 16.4. The van der Waals surface area contributed by atoms with Crippen molar-refractivity contribution in [2.45, 2.75) is 18.8 Å². The predicted molar refractivity (Wildman–Crippen MR) is 124 cm³/mol. The Morgan fingerprint density at radius 3 is 2.26 bits per heavy atom. The standard InChI is InChI=1S/C25H25N3O6/c1-31-16-5-6-19(23(12-16)34-4)14-9-21-20(22(29)10-14)13-26-25(27-21)28-24(30)15-7-17(32-2)11-18(8-15)33-3/h5-8,11-14H,9-10H2,1-4H3,(H,26,27,28,30)/t14-/m0/s1. The van der Waals surface area contributed by atoms with Gasteiger partial charge in [0.05, 0.1) is 39.7 Å². The number of ether oxygens (including phenoxy) is 4. The van der Waals surface area contributed by atoms with Crippen molar-refractivity contribution in [2.75, 3.05) is 33.8 Å². The highest BCUT2D eigenvalue weighted by molar-refractivity contribution is 6.04. The van der Waals surface area contributed by atoms with E-state index in [0.29, 0.717) is 52.7 Å². The van der Waals surface area contributed by atoms with Crippen LogP contribution in [0.25, 0.3) is 0 Å². The SMILES string of the molecule is COc1cc(OC)cc(C(=O)Nc2ncc3c(n2)C[C@H](c2ccc(OC)cc2OC)CC3=O)c1. The fraction of sp³-hybridized carbons (Fsp3) is 0.280. The maximum Gasteiger partial charge on any atom is 0.258 e. The van der Waals surface area contributed by atoms with Crippen LogP contribution in [0.2, 0.25) is 0 Å². The molecule has 9 heteroatoms. The maximum absolute atomic E-state index is 12.8. The molecular formula is C25H25N3O6. The lowest BCUT2D eigenvalue weighted by Gasteiger charge is -2.25. The zero-order valence-electron chi connectivity index (χ0n) is 19.4. The monoisotopic (exact) mass is 463 g/mol. The van der Waals surface area contributed by atoms with E-state index in [9.17, 15) is 9.59 Å². The zero-order chi connectivity index (χ0) is 24.2. The van der Waals surface area contributed by atoms with E-state index in [1.807, 2.05) is 12.1 Å². The quantitative estimate of drug-likeness (QED) is 0.565. The summed E-state index contributed by atoms with van der Waals surface area (Å²) in [6.07, 6.45) is 2.28. The minimum absolute atomic E-state index is 0.0560. The highest BCUT2D eigenvalue weighted by Gasteiger charge is 2.30. The van der Waals surface area contributed by atoms with Crippen molar-refractivity contribution in [1.82, 2.24) is 9.97 Å². The molecule has 1 atom stereocenters. The van der Waals surface area contributed by atoms with Crippen molar-refractivity contribution >= 4 is 17.6 Å². The Labute approximate surface area is 197 Å². The number of amides is 1. The molecule has 0 unspecified atom stereocenters. The van der Waals surface area contributed by atoms with E-state index in [4.69, 9.17) is 18.9 Å². The normalized spacial score (nSPS) is 14.7. The molecule has 9 nitrogen and oxygen atoms in total. The minimum Gasteiger partial charge on any atom is -0.497 e. The summed E-state index contributed by atoms with van der Waals surface area (Å²) in [6, 6.07) is 10.4. The second kappa shape index (κ2) is 9.78. The molecule has 34 heavy (non-hydrogen) atoms. The van der Waals surface area contributed by atoms with E-state index in [1.54, 1.807) is 38.5 Å². The molecule has 2 aromatic carbocycles. The number of hydrogen-bond donors (Lipinski definition) is 1. The second-order valence-electron chi connectivity index (χ2n) is 7.75. The lowest BCUT2D eigenvalue weighted by molar-refractivity contribution is 0.0962. The first-order valence-electron chi connectivity index (χ1n) is 10.6. The van der Waals surface area contributed by atoms with E-state index in [-0.39, 0.29) is 17.6 Å². The van der Waals surface area contributed by atoms with E-state index >= 15 is 0 Å². The molecule has 0 saturated carbocycles. The molecule has 0 spiro atoms. The molecule has 0 aliphatic heterocycles. The topological polar surface area (TPSA) is 109 Å². The van der Waals surface area contributed by atoms with Gasteiger partial charge < -0.3 is 18.9 Å². The molecule has 0 saturated heterocycles. The van der Waals surface area contributed by atoms with Gasteiger partial charge in [-0.3, -0.25) is 14.9 Å². The molecule has 4 rings (SSSR count). The molecule has 176 valence electrons. The first-order valence-corrected chi connectivity index (χ1v) is 10.6. The summed E-state index contributed by atoms with van der Waals surface area (Å²) >= 11 is 0. The van der Waals surface area contributed by atoms with Crippen LogP contribution in [0.4, 0.5) is 5.95 Å². The van der Waals surface area contributed by atoms with E-state index in [1.165, 1.54) is 20.4 Å². The highest BCUT2D eigenvalue weighted by Crippen LogP contribution is 2.38. The first kappa shape index (κ1) is 23.0. The lowest BCUT2D eigenvalue weighted by atomic mass is 9.82. The average molecular weight is 463 g/mol. The lowest BCUT2D eigenvalue weighted by Crippen LogP contribution is -2.23. The molecule has 1 aliphatic carbocycles. The Hall–Kier alpha value is -4.14. The van der Waals surface area contributed by atoms with Crippen molar-refractivity contribution < 1.29 is 28.5 Å². The minimum atomic E-state index is -0.423. The van der Waals surface area contributed by atoms with Crippen molar-refractivity contribution in [3.8, 4) is 23.0 Å². The third-order valence-electron chi connectivity index (χ3n) is 5.76. The van der Waals surface area contributed by atoms with E-state index in [2.05, 4.69) is 15.3 Å². The molecule has 0 radical (unpaired) electrons. The van der Waals surface area contributed by atoms with Crippen LogP contribution in [0.15, 0.2) is 42.6 Å². The Morgan fingerprint density at radius 1 is 0.912 bits per heavy atom. The summed E-state index contributed by atoms with van der Waals surface area (Å²) in [4.78, 5) is 34.3. The number of aromatic nitrogens is 2. The number of fused-ring (bicyclic) bond motifs is 1. The Morgan fingerprint density at radius 2 is 1.62 bits per heavy atom. The summed E-state index contributed by atoms with van der Waals surface area (Å²) in [7, 11) is 6.19. The number of carbonyl (C=O) groups is 2. The van der Waals surface area contributed by atoms with Crippen LogP contribution < -0.4 is 24.3 Å². The van der Waals surface area contributed by atoms with Crippen LogP contribution in [0.1, 0.15) is 44.3 Å². The van der Waals surface area contributed by atoms with Gasteiger partial charge in [0.25, 0.3) is 5.91 Å². The molecule has 1 amide bonds. The molecule has 1 aromatic heterocycles. The van der Waals surface area contributed by atoms with Crippen LogP contribution in [0.5, 0.6) is 23.0 Å². The number of nitrogens with one attached hydrogen (secondary N) is 1. The molecule has 1 heterocycles. The molecule has 3 aromatic rings. The van der Waals surface area contributed by atoms with Gasteiger partial charge in [-0.2, -0.15) is 0 Å². The van der Waals surface area contributed by atoms with Crippen molar-refractivity contribution in [1.29, 1.82) is 0 Å². The van der Waals surface area contributed by atoms with E-state index < -0.39 is 5.91 Å².